The molecule has 42 nitrogen and oxygen atoms in total. The summed E-state index contributed by atoms with van der Waals surface area (Å²) in [4.78, 5) is 281. The summed E-state index contributed by atoms with van der Waals surface area (Å²) in [5.41, 5.74) is 26.3. The van der Waals surface area contributed by atoms with E-state index < -0.39 is 260 Å². The van der Waals surface area contributed by atoms with Gasteiger partial charge in [0.05, 0.1) is 43.3 Å². The van der Waals surface area contributed by atoms with Crippen molar-refractivity contribution in [2.75, 3.05) is 65.4 Å². The number of phenols is 1. The molecule has 134 heavy (non-hydrogen) atoms. The third-order valence-electron chi connectivity index (χ3n) is 24.3. The number of aliphatic carboxylic acids is 1. The molecule has 3 saturated heterocycles. The van der Waals surface area contributed by atoms with Crippen LogP contribution >= 0.6 is 11.8 Å². The van der Waals surface area contributed by atoms with E-state index in [9.17, 15) is 58.2 Å². The number of Topliss-reactive ketones (excluding diaryl/α,β-unsaturated/α-hetero) is 1. The van der Waals surface area contributed by atoms with Crippen molar-refractivity contribution in [3.05, 3.63) is 120 Å². The minimum absolute atomic E-state index is 0.000488. The lowest BCUT2D eigenvalue weighted by Gasteiger charge is -2.36. The van der Waals surface area contributed by atoms with Crippen molar-refractivity contribution >= 4 is 140 Å². The zero-order valence-electron chi connectivity index (χ0n) is 75.8. The second-order valence-corrected chi connectivity index (χ2v) is 35.0. The number of H-pyrrole nitrogens is 3. The number of aromatic amines is 3. The van der Waals surface area contributed by atoms with Gasteiger partial charge in [-0.3, -0.25) is 86.3 Å². The number of fused-ring (bicyclic) bond motifs is 4. The first-order chi connectivity index (χ1) is 63.9. The molecular weight excluding hydrogens is 1760 g/mol. The molecule has 0 saturated carbocycles. The Morgan fingerprint density at radius 2 is 1.10 bits per heavy atom. The number of aromatic nitrogens is 4. The predicted molar refractivity (Wildman–Crippen MR) is 488 cm³/mol. The number of nitrogens with zero attached hydrogens (tertiary/aromatic N) is 6. The van der Waals surface area contributed by atoms with Crippen LogP contribution in [-0.4, -0.2) is 311 Å². The third-order valence-corrected chi connectivity index (χ3v) is 25.3. The first kappa shape index (κ1) is 104. The molecule has 0 bridgehead atoms. The average molecular weight is 1880 g/mol. The average Bonchev–Trinajstić information content (AvgIpc) is 1.13. The highest BCUT2D eigenvalue weighted by atomic mass is 32.2. The zero-order valence-corrected chi connectivity index (χ0v) is 76.6. The Balaban J connectivity index is 1.10. The van der Waals surface area contributed by atoms with Crippen molar-refractivity contribution in [3.8, 4) is 5.75 Å². The lowest BCUT2D eigenvalue weighted by atomic mass is 9.90. The fourth-order valence-electron chi connectivity index (χ4n) is 16.7. The van der Waals surface area contributed by atoms with Crippen molar-refractivity contribution in [3.63, 3.8) is 0 Å². The molecule has 3 aromatic heterocycles. The second-order valence-electron chi connectivity index (χ2n) is 34.0. The van der Waals surface area contributed by atoms with E-state index >= 15 is 42.7 Å². The van der Waals surface area contributed by atoms with Gasteiger partial charge in [-0.05, 0) is 112 Å². The van der Waals surface area contributed by atoms with Crippen molar-refractivity contribution in [1.82, 2.24) is 92.3 Å². The van der Waals surface area contributed by atoms with E-state index in [0.29, 0.717) is 64.2 Å². The molecule has 0 radical (unpaired) electrons. The first-order valence-corrected chi connectivity index (χ1v) is 46.0. The van der Waals surface area contributed by atoms with E-state index in [-0.39, 0.29) is 88.9 Å². The van der Waals surface area contributed by atoms with Gasteiger partial charge < -0.3 is 120 Å². The highest BCUT2D eigenvalue weighted by molar-refractivity contribution is 8.00. The minimum Gasteiger partial charge on any atom is -0.508 e. The van der Waals surface area contributed by atoms with Gasteiger partial charge in [0.15, 0.2) is 5.78 Å². The van der Waals surface area contributed by atoms with Gasteiger partial charge >= 0.3 is 5.97 Å². The monoisotopic (exact) mass is 1880 g/mol. The number of ketones is 1. The number of thioether (sulfide) groups is 1. The zero-order chi connectivity index (χ0) is 97.7. The van der Waals surface area contributed by atoms with Crippen LogP contribution in [0.5, 0.6) is 5.75 Å². The largest absolute Gasteiger partial charge is 0.508 e. The smallest absolute Gasteiger partial charge is 0.303 e. The van der Waals surface area contributed by atoms with Crippen molar-refractivity contribution in [1.29, 1.82) is 0 Å². The van der Waals surface area contributed by atoms with Crippen molar-refractivity contribution in [2.45, 2.75) is 227 Å². The normalized spacial score (nSPS) is 24.9. The SMILES string of the molecule is CCCC[C@H]1C(=O)N(C)[C@@H](CCCC)C(=O)N[C@@H](CCN)C(=O)N[C@H](C(=O)NCC(N)=O)CSCC(=O)N[C@@H](Cc2ccc(O)cc2)C(=O)N(C)[C@@H](C)C(=O)N[C@@H](CC(N)=O)C(=O)N2CCC[C@H]2C(=O)N[C@@H](Cc2c[nH]cn2)C(=O)N[C@@H](CCC(=O)O)C(=O)N2C[C@H](F)C[C@H]2C(=O)C[C@@H](Cc2c[nH]c3ccccc23)C(=O)N[C@@H](CCN)C(=O)N[C@@H](Cc2c[nH]c3ccccc23)C(=O)N1C. The number of phenolic OH excluding ortho intramolecular Hbond substituents is 1. The lowest BCUT2D eigenvalue weighted by Crippen LogP contribution is -2.60. The molecule has 726 valence electrons. The Morgan fingerprint density at radius 1 is 0.552 bits per heavy atom. The molecule has 3 fully saturated rings. The number of carbonyl (C=O) groups excluding carboxylic acids is 17. The summed E-state index contributed by atoms with van der Waals surface area (Å²) in [6, 6.07) is -0.940. The number of carbonyl (C=O) groups is 18. The highest BCUT2D eigenvalue weighted by Crippen LogP contribution is 2.31. The molecule has 16 amide bonds. The van der Waals surface area contributed by atoms with E-state index in [2.05, 4.69) is 67.8 Å². The number of unbranched alkanes of at least 4 members (excludes halogenated alkanes) is 2. The molecule has 3 aliphatic heterocycles. The molecule has 44 heteroatoms. The van der Waals surface area contributed by atoms with Crippen LogP contribution in [0, 0.1) is 5.92 Å². The molecule has 3 aromatic carbocycles. The molecule has 15 atom stereocenters. The fourth-order valence-corrected chi connectivity index (χ4v) is 17.6. The standard InChI is InChI=1S/C90H123FN22O20S/c1-7-9-20-69-84(127)103-62(30-32-93)82(125)108-68(80(123)99-44-75(95)117)46-134-47-76(118)101-65(34-50-23-25-56(114)26-24-50)86(129)109(4)49(3)78(121)106-67(40-74(94)116)89(132)112-33-15-22-70(112)85(128)105-64(39-55-43-96-48-100-55)83(126)104-63(27-28-77(119)120)88(131)113-45-54(91)38-72(113)73(115)37-51(35-52-41-97-59-18-13-11-16-57(52)59)79(122)102-61(29-31-92)81(124)107-66(36-53-42-98-60-19-14-12-17-58(53)60)87(130)111(6)71(21-10-8-2)90(133)110(69)5/h11-14,16-19,23-26,41-43,48-49,51,54,61-72,97-98,114H,7-10,15,20-22,27-40,44-47,92-93H2,1-6H3,(H2,94,116)(H2,95,117)(H,96,100)(H,99,123)(H,101,118)(H,102,122)(H,103,127)(H,104,126)(H,105,128)(H,106,121)(H,107,124)(H,108,125)(H,119,120)/t49-,51+,54+,61-,62-,63-,64-,65-,66-,67-,68-,69-,70-,71-,72-/m0/s1. The van der Waals surface area contributed by atoms with Crippen LogP contribution in [0.15, 0.2) is 97.7 Å². The van der Waals surface area contributed by atoms with E-state index in [0.717, 1.165) is 36.3 Å². The van der Waals surface area contributed by atoms with Crippen LogP contribution in [0.1, 0.15) is 139 Å². The molecule has 6 aromatic rings. The number of amides is 16. The molecule has 9 rings (SSSR count). The molecule has 0 unspecified atom stereocenters. The molecule has 0 spiro atoms. The molecule has 6 heterocycles. The van der Waals surface area contributed by atoms with Crippen LogP contribution < -0.4 is 70.8 Å². The number of aromatic hydroxyl groups is 1. The van der Waals surface area contributed by atoms with Gasteiger partial charge in [0.1, 0.15) is 84.4 Å². The number of carboxylic acid groups (broad SMARTS) is 1. The lowest BCUT2D eigenvalue weighted by molar-refractivity contribution is -0.149. The van der Waals surface area contributed by atoms with Crippen LogP contribution in [0.4, 0.5) is 4.39 Å². The van der Waals surface area contributed by atoms with Gasteiger partial charge in [0.2, 0.25) is 94.5 Å². The molecular formula is C90H123FN22O20S. The second kappa shape index (κ2) is 49.9. The summed E-state index contributed by atoms with van der Waals surface area (Å²) in [7, 11) is 3.91. The number of hydrogen-bond donors (Lipinski definition) is 18. The Morgan fingerprint density at radius 3 is 1.71 bits per heavy atom. The van der Waals surface area contributed by atoms with Crippen molar-refractivity contribution < 1.29 is 101 Å². The number of nitrogens with one attached hydrogen (secondary N) is 12. The number of rotatable bonds is 26. The van der Waals surface area contributed by atoms with Gasteiger partial charge in [0.25, 0.3) is 0 Å². The summed E-state index contributed by atoms with van der Waals surface area (Å²) in [6.45, 7) is 2.79. The number of alkyl halides is 1. The van der Waals surface area contributed by atoms with Crippen LogP contribution in [0.3, 0.4) is 0 Å². The number of nitrogens with two attached hydrogens (primary N) is 4. The van der Waals surface area contributed by atoms with Gasteiger partial charge in [-0.25, -0.2) is 9.37 Å². The number of para-hydroxylation sites is 2. The molecule has 0 aliphatic carbocycles. The van der Waals surface area contributed by atoms with Crippen LogP contribution in [0.2, 0.25) is 0 Å². The summed E-state index contributed by atoms with van der Waals surface area (Å²) >= 11 is 0.761. The van der Waals surface area contributed by atoms with Crippen LogP contribution in [-0.2, 0) is 112 Å². The summed E-state index contributed by atoms with van der Waals surface area (Å²) in [5.74, 6) is -20.3. The number of benzene rings is 3. The number of imidazole rings is 1. The maximum atomic E-state index is 16.4. The number of halogens is 1. The quantitative estimate of drug-likeness (QED) is 0.0291. The van der Waals surface area contributed by atoms with E-state index in [1.165, 1.54) is 64.9 Å². The Labute approximate surface area is 776 Å². The number of carboxylic acids is 1. The van der Waals surface area contributed by atoms with E-state index in [1.807, 2.05) is 13.8 Å². The Hall–Kier alpha value is -13.4. The highest BCUT2D eigenvalue weighted by Gasteiger charge is 2.47. The number of likely N-dealkylation sites (N-methyl/N-ethyl adjacent to an activating group) is 3. The Bertz CT molecular complexity index is 5190. The summed E-state index contributed by atoms with van der Waals surface area (Å²) in [5, 5.41) is 45.1. The van der Waals surface area contributed by atoms with Gasteiger partial charge in [-0.1, -0.05) is 88.1 Å². The van der Waals surface area contributed by atoms with E-state index in [1.54, 1.807) is 60.9 Å². The topological polar surface area (TPSA) is 637 Å². The fraction of sp³-hybridized carbons (Fsp3) is 0.522. The van der Waals surface area contributed by atoms with Gasteiger partial charge in [0, 0.05) is 118 Å². The number of hydrogen-bond acceptors (Lipinski definition) is 23. The molecule has 22 N–H and O–H groups in total. The van der Waals surface area contributed by atoms with Crippen LogP contribution in [0.25, 0.3) is 21.8 Å². The molecule has 3 aliphatic rings. The third kappa shape index (κ3) is 28.6. The summed E-state index contributed by atoms with van der Waals surface area (Å²) < 4.78 is 16.4. The Kier molecular flexibility index (Phi) is 38.9. The summed E-state index contributed by atoms with van der Waals surface area (Å²) in [6.07, 6.45) is 0.273. The maximum absolute atomic E-state index is 16.4. The van der Waals surface area contributed by atoms with Gasteiger partial charge in [-0.15, -0.1) is 11.8 Å². The first-order valence-electron chi connectivity index (χ1n) is 44.8. The maximum Gasteiger partial charge on any atom is 0.303 e. The van der Waals surface area contributed by atoms with Crippen molar-refractivity contribution in [2.24, 2.45) is 28.9 Å². The van der Waals surface area contributed by atoms with Gasteiger partial charge in [-0.2, -0.15) is 0 Å². The van der Waals surface area contributed by atoms with E-state index in [4.69, 9.17) is 22.9 Å². The number of primary amides is 2. The predicted octanol–water partition coefficient (Wildman–Crippen LogP) is -1.60. The minimum atomic E-state index is -1.91.